The number of carbonyl (C=O) groups excluding carboxylic acids is 1. The van der Waals surface area contributed by atoms with Gasteiger partial charge in [-0.3, -0.25) is 4.79 Å². The van der Waals surface area contributed by atoms with Crippen LogP contribution < -0.4 is 10.6 Å². The van der Waals surface area contributed by atoms with E-state index in [1.807, 2.05) is 54.3 Å². The number of aryl methyl sites for hydroxylation is 1. The van der Waals surface area contributed by atoms with Crippen LogP contribution in [0, 0.1) is 6.92 Å². The number of rotatable bonds is 2. The zero-order valence-corrected chi connectivity index (χ0v) is 14.7. The van der Waals surface area contributed by atoms with Crippen LogP contribution in [0.25, 0.3) is 10.8 Å². The average Bonchev–Trinajstić information content (AvgIpc) is 2.68. The fraction of sp³-hybridized carbons (Fsp3) is 0.250. The zero-order chi connectivity index (χ0) is 18.1. The van der Waals surface area contributed by atoms with Crippen LogP contribution >= 0.6 is 0 Å². The molecule has 1 amide bonds. The number of amides is 1. The van der Waals surface area contributed by atoms with E-state index in [0.717, 1.165) is 35.4 Å². The Morgan fingerprint density at radius 2 is 1.85 bits per heavy atom. The number of hydrogen-bond donors (Lipinski definition) is 1. The molecule has 0 bridgehead atoms. The molecule has 26 heavy (non-hydrogen) atoms. The number of benzene rings is 1. The molecule has 0 aliphatic carbocycles. The maximum absolute atomic E-state index is 13.1. The summed E-state index contributed by atoms with van der Waals surface area (Å²) < 4.78 is 0. The van der Waals surface area contributed by atoms with Crippen LogP contribution in [0.4, 0.5) is 11.5 Å². The van der Waals surface area contributed by atoms with Gasteiger partial charge in [-0.1, -0.05) is 18.2 Å². The van der Waals surface area contributed by atoms with Gasteiger partial charge in [-0.25, -0.2) is 9.97 Å². The Kier molecular flexibility index (Phi) is 4.16. The van der Waals surface area contributed by atoms with E-state index in [1.54, 1.807) is 6.20 Å². The molecule has 0 unspecified atom stereocenters. The first-order valence-electron chi connectivity index (χ1n) is 8.74. The molecule has 4 rings (SSSR count). The average molecular weight is 347 g/mol. The lowest BCUT2D eigenvalue weighted by Crippen LogP contribution is -2.49. The smallest absolute Gasteiger partial charge is 0.273 e. The van der Waals surface area contributed by atoms with Gasteiger partial charge in [-0.05, 0) is 31.2 Å². The third-order valence-electron chi connectivity index (χ3n) is 4.78. The minimum Gasteiger partial charge on any atom is -0.398 e. The van der Waals surface area contributed by atoms with Crippen LogP contribution in [0.2, 0.25) is 0 Å². The molecule has 2 aromatic heterocycles. The van der Waals surface area contributed by atoms with Crippen LogP contribution in [0.3, 0.4) is 0 Å². The maximum atomic E-state index is 13.1. The van der Waals surface area contributed by atoms with Crippen LogP contribution in [0.15, 0.2) is 48.7 Å². The van der Waals surface area contributed by atoms with Gasteiger partial charge >= 0.3 is 0 Å². The summed E-state index contributed by atoms with van der Waals surface area (Å²) in [7, 11) is 0. The predicted octanol–water partition coefficient (Wildman–Crippen LogP) is 2.48. The van der Waals surface area contributed by atoms with Crippen LogP contribution in [-0.4, -0.2) is 47.0 Å². The molecule has 0 saturated carbocycles. The van der Waals surface area contributed by atoms with E-state index in [0.29, 0.717) is 24.5 Å². The molecular weight excluding hydrogens is 326 g/mol. The number of pyridine rings is 2. The molecule has 3 aromatic rings. The number of anilines is 2. The van der Waals surface area contributed by atoms with Crippen molar-refractivity contribution >= 4 is 28.2 Å². The van der Waals surface area contributed by atoms with Crippen molar-refractivity contribution in [2.45, 2.75) is 6.92 Å². The first kappa shape index (κ1) is 16.3. The van der Waals surface area contributed by atoms with E-state index in [2.05, 4.69) is 14.9 Å². The summed E-state index contributed by atoms with van der Waals surface area (Å²) in [6, 6.07) is 13.4. The number of aromatic nitrogens is 2. The fourth-order valence-electron chi connectivity index (χ4n) is 3.42. The lowest BCUT2D eigenvalue weighted by Gasteiger charge is -2.35. The lowest BCUT2D eigenvalue weighted by atomic mass is 10.1. The molecular formula is C20H21N5O. The summed E-state index contributed by atoms with van der Waals surface area (Å²) in [5.41, 5.74) is 8.04. The highest BCUT2D eigenvalue weighted by Gasteiger charge is 2.25. The molecule has 3 heterocycles. The van der Waals surface area contributed by atoms with Gasteiger partial charge in [0.1, 0.15) is 11.5 Å². The summed E-state index contributed by atoms with van der Waals surface area (Å²) in [5, 5.41) is 1.70. The zero-order valence-electron chi connectivity index (χ0n) is 14.7. The van der Waals surface area contributed by atoms with E-state index in [9.17, 15) is 4.79 Å². The molecule has 1 aliphatic rings. The normalized spacial score (nSPS) is 14.7. The van der Waals surface area contributed by atoms with E-state index in [1.165, 1.54) is 0 Å². The summed E-state index contributed by atoms with van der Waals surface area (Å²) >= 11 is 0. The van der Waals surface area contributed by atoms with E-state index in [4.69, 9.17) is 5.73 Å². The van der Waals surface area contributed by atoms with Crippen molar-refractivity contribution < 1.29 is 4.79 Å². The molecule has 1 saturated heterocycles. The second-order valence-corrected chi connectivity index (χ2v) is 6.52. The van der Waals surface area contributed by atoms with Gasteiger partial charge in [0.05, 0.1) is 0 Å². The molecule has 132 valence electrons. The summed E-state index contributed by atoms with van der Waals surface area (Å²) in [5.74, 6) is 0.913. The topological polar surface area (TPSA) is 75.4 Å². The second kappa shape index (κ2) is 6.63. The Labute approximate surface area is 152 Å². The third kappa shape index (κ3) is 2.94. The van der Waals surface area contributed by atoms with Crippen LogP contribution in [0.5, 0.6) is 0 Å². The fourth-order valence-corrected chi connectivity index (χ4v) is 3.42. The molecule has 6 nitrogen and oxygen atoms in total. The molecule has 6 heteroatoms. The van der Waals surface area contributed by atoms with Crippen molar-refractivity contribution in [1.82, 2.24) is 14.9 Å². The SMILES string of the molecule is Cc1cc2c(N)cccc2c(C(=O)N2CCN(c3ccccn3)CC2)n1. The number of nitrogens with zero attached hydrogens (tertiary/aromatic N) is 4. The van der Waals surface area contributed by atoms with Gasteiger partial charge in [-0.2, -0.15) is 0 Å². The summed E-state index contributed by atoms with van der Waals surface area (Å²) in [6.45, 7) is 4.70. The highest BCUT2D eigenvalue weighted by molar-refractivity contribution is 6.08. The van der Waals surface area contributed by atoms with Crippen LogP contribution in [0.1, 0.15) is 16.2 Å². The minimum atomic E-state index is -0.0371. The van der Waals surface area contributed by atoms with Gasteiger partial charge in [-0.15, -0.1) is 0 Å². The number of carbonyl (C=O) groups is 1. The molecule has 0 atom stereocenters. The Hall–Kier alpha value is -3.15. The monoisotopic (exact) mass is 347 g/mol. The second-order valence-electron chi connectivity index (χ2n) is 6.52. The van der Waals surface area contributed by atoms with Crippen LogP contribution in [-0.2, 0) is 0 Å². The number of piperazine rings is 1. The Morgan fingerprint density at radius 1 is 1.04 bits per heavy atom. The largest absolute Gasteiger partial charge is 0.398 e. The number of nitrogens with two attached hydrogens (primary N) is 1. The number of hydrogen-bond acceptors (Lipinski definition) is 5. The van der Waals surface area contributed by atoms with Gasteiger partial charge in [0.2, 0.25) is 0 Å². The lowest BCUT2D eigenvalue weighted by molar-refractivity contribution is 0.0742. The molecule has 0 radical (unpaired) electrons. The van der Waals surface area contributed by atoms with Crippen molar-refractivity contribution in [2.75, 3.05) is 36.8 Å². The van der Waals surface area contributed by atoms with E-state index in [-0.39, 0.29) is 5.91 Å². The molecule has 1 aromatic carbocycles. The minimum absolute atomic E-state index is 0.0371. The number of nitrogen functional groups attached to an aromatic ring is 1. The molecule has 0 spiro atoms. The summed E-state index contributed by atoms with van der Waals surface area (Å²) in [4.78, 5) is 26.1. The van der Waals surface area contributed by atoms with Gasteiger partial charge < -0.3 is 15.5 Å². The van der Waals surface area contributed by atoms with E-state index >= 15 is 0 Å². The number of fused-ring (bicyclic) bond motifs is 1. The van der Waals surface area contributed by atoms with Crippen molar-refractivity contribution in [3.63, 3.8) is 0 Å². The van der Waals surface area contributed by atoms with Gasteiger partial charge in [0.25, 0.3) is 5.91 Å². The highest BCUT2D eigenvalue weighted by Crippen LogP contribution is 2.25. The third-order valence-corrected chi connectivity index (χ3v) is 4.78. The molecule has 2 N–H and O–H groups in total. The Balaban J connectivity index is 1.58. The van der Waals surface area contributed by atoms with Crippen molar-refractivity contribution in [1.29, 1.82) is 0 Å². The Morgan fingerprint density at radius 3 is 2.58 bits per heavy atom. The molecule has 1 aliphatic heterocycles. The van der Waals surface area contributed by atoms with E-state index < -0.39 is 0 Å². The first-order chi connectivity index (χ1) is 12.6. The van der Waals surface area contributed by atoms with Crippen molar-refractivity contribution in [3.8, 4) is 0 Å². The maximum Gasteiger partial charge on any atom is 0.273 e. The van der Waals surface area contributed by atoms with Gasteiger partial charge in [0.15, 0.2) is 0 Å². The van der Waals surface area contributed by atoms with Crippen molar-refractivity contribution in [2.24, 2.45) is 0 Å². The Bertz CT molecular complexity index is 949. The summed E-state index contributed by atoms with van der Waals surface area (Å²) in [6.07, 6.45) is 1.79. The van der Waals surface area contributed by atoms with Gasteiger partial charge in [0, 0.05) is 54.5 Å². The predicted molar refractivity (Wildman–Crippen MR) is 103 cm³/mol. The molecule has 1 fully saturated rings. The van der Waals surface area contributed by atoms with Crippen molar-refractivity contribution in [3.05, 3.63) is 60.0 Å². The highest BCUT2D eigenvalue weighted by atomic mass is 16.2. The standard InChI is InChI=1S/C20H21N5O/c1-14-13-16-15(5-4-6-17(16)21)19(23-14)20(26)25-11-9-24(10-12-25)18-7-2-3-8-22-18/h2-8,13H,9-12,21H2,1H3. The first-order valence-corrected chi connectivity index (χ1v) is 8.74. The quantitative estimate of drug-likeness (QED) is 0.721.